The highest BCUT2D eigenvalue weighted by molar-refractivity contribution is 5.42. The van der Waals surface area contributed by atoms with E-state index in [1.807, 2.05) is 25.1 Å². The Labute approximate surface area is 153 Å². The number of hydrogen-bond donors (Lipinski definition) is 1. The van der Waals surface area contributed by atoms with Gasteiger partial charge < -0.3 is 19.7 Å². The number of piperidine rings is 1. The molecule has 2 atom stereocenters. The van der Waals surface area contributed by atoms with Crippen molar-refractivity contribution in [3.05, 3.63) is 30.2 Å². The zero-order chi connectivity index (χ0) is 18.0. The molecule has 0 bridgehead atoms. The van der Waals surface area contributed by atoms with E-state index in [0.29, 0.717) is 12.5 Å². The molecule has 4 heterocycles. The van der Waals surface area contributed by atoms with E-state index in [1.54, 1.807) is 13.4 Å². The standard InChI is InChI=1S/C18H24N6O2/c1-13-4-5-15(23-22-13)21-14-9-18(26-10-14)6-3-7-24(11-18)16-8-17(25-2)20-12-19-16/h4-5,8,12,14H,3,6-7,9-11H2,1-2H3,(H,21,23)/t14-,18+/m1/s1. The van der Waals surface area contributed by atoms with Crippen molar-refractivity contribution in [2.75, 3.05) is 37.0 Å². The molecular weight excluding hydrogens is 332 g/mol. The zero-order valence-electron chi connectivity index (χ0n) is 15.2. The van der Waals surface area contributed by atoms with Gasteiger partial charge in [0.25, 0.3) is 0 Å². The lowest BCUT2D eigenvalue weighted by Gasteiger charge is -2.40. The Kier molecular flexibility index (Phi) is 4.58. The molecule has 2 aliphatic heterocycles. The fraction of sp³-hybridized carbons (Fsp3) is 0.556. The lowest BCUT2D eigenvalue weighted by atomic mass is 9.88. The maximum absolute atomic E-state index is 6.27. The molecule has 0 saturated carbocycles. The second-order valence-electron chi connectivity index (χ2n) is 7.04. The Hall–Kier alpha value is -2.48. The smallest absolute Gasteiger partial charge is 0.218 e. The lowest BCUT2D eigenvalue weighted by Crippen LogP contribution is -2.48. The van der Waals surface area contributed by atoms with Crippen LogP contribution in [0.4, 0.5) is 11.6 Å². The normalized spacial score (nSPS) is 25.5. The number of ether oxygens (including phenoxy) is 2. The van der Waals surface area contributed by atoms with Crippen LogP contribution in [-0.4, -0.2) is 58.6 Å². The van der Waals surface area contributed by atoms with E-state index in [-0.39, 0.29) is 11.6 Å². The summed E-state index contributed by atoms with van der Waals surface area (Å²) in [7, 11) is 1.62. The predicted molar refractivity (Wildman–Crippen MR) is 97.5 cm³/mol. The van der Waals surface area contributed by atoms with Crippen LogP contribution in [0.2, 0.25) is 0 Å². The van der Waals surface area contributed by atoms with Crippen LogP contribution in [0.3, 0.4) is 0 Å². The van der Waals surface area contributed by atoms with Crippen LogP contribution < -0.4 is 15.0 Å². The predicted octanol–water partition coefficient (Wildman–Crippen LogP) is 1.82. The monoisotopic (exact) mass is 356 g/mol. The van der Waals surface area contributed by atoms with Crippen molar-refractivity contribution in [3.8, 4) is 5.88 Å². The van der Waals surface area contributed by atoms with Gasteiger partial charge in [-0.25, -0.2) is 9.97 Å². The number of hydrogen-bond acceptors (Lipinski definition) is 8. The van der Waals surface area contributed by atoms with Crippen molar-refractivity contribution in [2.24, 2.45) is 0 Å². The SMILES string of the molecule is COc1cc(N2CCC[C@]3(C[C@@H](Nc4ccc(C)nn4)CO3)C2)ncn1. The van der Waals surface area contributed by atoms with Gasteiger partial charge in [-0.3, -0.25) is 0 Å². The molecule has 1 spiro atoms. The summed E-state index contributed by atoms with van der Waals surface area (Å²) in [6, 6.07) is 6.05. The Morgan fingerprint density at radius 1 is 1.31 bits per heavy atom. The van der Waals surface area contributed by atoms with Gasteiger partial charge in [0.15, 0.2) is 0 Å². The highest BCUT2D eigenvalue weighted by Crippen LogP contribution is 2.37. The molecule has 2 fully saturated rings. The van der Waals surface area contributed by atoms with Gasteiger partial charge in [0.05, 0.1) is 31.1 Å². The first-order chi connectivity index (χ1) is 12.7. The average molecular weight is 356 g/mol. The number of rotatable bonds is 4. The summed E-state index contributed by atoms with van der Waals surface area (Å²) in [4.78, 5) is 10.8. The van der Waals surface area contributed by atoms with Crippen molar-refractivity contribution in [1.82, 2.24) is 20.2 Å². The molecule has 26 heavy (non-hydrogen) atoms. The minimum absolute atomic E-state index is 0.147. The van der Waals surface area contributed by atoms with Crippen LogP contribution in [0.5, 0.6) is 5.88 Å². The van der Waals surface area contributed by atoms with Gasteiger partial charge in [-0.1, -0.05) is 0 Å². The van der Waals surface area contributed by atoms with E-state index in [1.165, 1.54) is 0 Å². The largest absolute Gasteiger partial charge is 0.481 e. The van der Waals surface area contributed by atoms with Gasteiger partial charge in [-0.15, -0.1) is 5.10 Å². The van der Waals surface area contributed by atoms with E-state index >= 15 is 0 Å². The molecule has 2 aromatic heterocycles. The van der Waals surface area contributed by atoms with Crippen molar-refractivity contribution in [2.45, 2.75) is 37.8 Å². The minimum Gasteiger partial charge on any atom is -0.481 e. The van der Waals surface area contributed by atoms with Crippen molar-refractivity contribution >= 4 is 11.6 Å². The Bertz CT molecular complexity index is 756. The lowest BCUT2D eigenvalue weighted by molar-refractivity contribution is -0.00653. The third kappa shape index (κ3) is 3.55. The topological polar surface area (TPSA) is 85.3 Å². The van der Waals surface area contributed by atoms with Gasteiger partial charge in [-0.2, -0.15) is 5.10 Å². The summed E-state index contributed by atoms with van der Waals surface area (Å²) in [5, 5.41) is 11.8. The Balaban J connectivity index is 1.43. The molecule has 0 aromatic carbocycles. The first-order valence-corrected chi connectivity index (χ1v) is 8.98. The maximum atomic E-state index is 6.27. The molecule has 2 aromatic rings. The van der Waals surface area contributed by atoms with Crippen molar-refractivity contribution in [1.29, 1.82) is 0 Å². The fourth-order valence-corrected chi connectivity index (χ4v) is 3.81. The van der Waals surface area contributed by atoms with E-state index in [0.717, 1.165) is 49.7 Å². The first-order valence-electron chi connectivity index (χ1n) is 8.98. The van der Waals surface area contributed by atoms with Gasteiger partial charge in [0.1, 0.15) is 18.0 Å². The molecular formula is C18H24N6O2. The Morgan fingerprint density at radius 2 is 2.23 bits per heavy atom. The van der Waals surface area contributed by atoms with Crippen molar-refractivity contribution < 1.29 is 9.47 Å². The fourth-order valence-electron chi connectivity index (χ4n) is 3.81. The van der Waals surface area contributed by atoms with E-state index in [4.69, 9.17) is 9.47 Å². The molecule has 2 aliphatic rings. The third-order valence-electron chi connectivity index (χ3n) is 5.06. The summed E-state index contributed by atoms with van der Waals surface area (Å²) in [6.45, 7) is 4.40. The van der Waals surface area contributed by atoms with Gasteiger partial charge in [-0.05, 0) is 31.9 Å². The van der Waals surface area contributed by atoms with Crippen LogP contribution in [0.1, 0.15) is 25.0 Å². The third-order valence-corrected chi connectivity index (χ3v) is 5.06. The molecule has 0 radical (unpaired) electrons. The van der Waals surface area contributed by atoms with E-state index in [2.05, 4.69) is 30.4 Å². The molecule has 2 saturated heterocycles. The highest BCUT2D eigenvalue weighted by Gasteiger charge is 2.44. The molecule has 0 amide bonds. The second kappa shape index (κ2) is 7.03. The van der Waals surface area contributed by atoms with Crippen LogP contribution in [-0.2, 0) is 4.74 Å². The van der Waals surface area contributed by atoms with Crippen LogP contribution in [0.15, 0.2) is 24.5 Å². The number of aryl methyl sites for hydroxylation is 1. The molecule has 0 aliphatic carbocycles. The molecule has 4 rings (SSSR count). The number of aromatic nitrogens is 4. The second-order valence-corrected chi connectivity index (χ2v) is 7.04. The Morgan fingerprint density at radius 3 is 3.04 bits per heavy atom. The molecule has 0 unspecified atom stereocenters. The quantitative estimate of drug-likeness (QED) is 0.888. The summed E-state index contributed by atoms with van der Waals surface area (Å²) in [5.74, 6) is 2.27. The first kappa shape index (κ1) is 17.0. The number of methoxy groups -OCH3 is 1. The average Bonchev–Trinajstić information content (AvgIpc) is 3.05. The van der Waals surface area contributed by atoms with Gasteiger partial charge in [0, 0.05) is 25.6 Å². The van der Waals surface area contributed by atoms with E-state index in [9.17, 15) is 0 Å². The van der Waals surface area contributed by atoms with E-state index < -0.39 is 0 Å². The summed E-state index contributed by atoms with van der Waals surface area (Å²) in [5.41, 5.74) is 0.768. The maximum Gasteiger partial charge on any atom is 0.218 e. The van der Waals surface area contributed by atoms with Crippen LogP contribution in [0, 0.1) is 6.92 Å². The molecule has 8 nitrogen and oxygen atoms in total. The summed E-state index contributed by atoms with van der Waals surface area (Å²) >= 11 is 0. The number of anilines is 2. The highest BCUT2D eigenvalue weighted by atomic mass is 16.5. The van der Waals surface area contributed by atoms with Crippen LogP contribution >= 0.6 is 0 Å². The van der Waals surface area contributed by atoms with Crippen molar-refractivity contribution in [3.63, 3.8) is 0 Å². The number of nitrogens with one attached hydrogen (secondary N) is 1. The summed E-state index contributed by atoms with van der Waals surface area (Å²) < 4.78 is 11.5. The molecule has 1 N–H and O–H groups in total. The minimum atomic E-state index is -0.147. The zero-order valence-corrected chi connectivity index (χ0v) is 15.2. The number of nitrogens with zero attached hydrogens (tertiary/aromatic N) is 5. The molecule has 8 heteroatoms. The van der Waals surface area contributed by atoms with Gasteiger partial charge in [0.2, 0.25) is 5.88 Å². The molecule has 138 valence electrons. The van der Waals surface area contributed by atoms with Crippen LogP contribution in [0.25, 0.3) is 0 Å². The summed E-state index contributed by atoms with van der Waals surface area (Å²) in [6.07, 6.45) is 4.62. The van der Waals surface area contributed by atoms with Gasteiger partial charge >= 0.3 is 0 Å².